The van der Waals surface area contributed by atoms with Gasteiger partial charge in [0.05, 0.1) is 13.2 Å². The van der Waals surface area contributed by atoms with Gasteiger partial charge in [-0.1, -0.05) is 35.9 Å². The van der Waals surface area contributed by atoms with Crippen LogP contribution >= 0.6 is 11.6 Å². The smallest absolute Gasteiger partial charge is 0.129 e. The minimum Gasteiger partial charge on any atom is -0.496 e. The zero-order valence-corrected chi connectivity index (χ0v) is 11.1. The summed E-state index contributed by atoms with van der Waals surface area (Å²) in [5, 5.41) is 0.314. The predicted octanol–water partition coefficient (Wildman–Crippen LogP) is 3.04. The average Bonchev–Trinajstić information content (AvgIpc) is 2.43. The van der Waals surface area contributed by atoms with Crippen LogP contribution in [0.3, 0.4) is 0 Å². The molecule has 19 heavy (non-hydrogen) atoms. The van der Waals surface area contributed by atoms with Gasteiger partial charge in [-0.15, -0.1) is 0 Å². The van der Waals surface area contributed by atoms with Gasteiger partial charge in [-0.05, 0) is 18.2 Å². The van der Waals surface area contributed by atoms with E-state index >= 15 is 0 Å². The summed E-state index contributed by atoms with van der Waals surface area (Å²) < 4.78 is 19.3. The Morgan fingerprint density at radius 1 is 1.21 bits per heavy atom. The molecule has 0 amide bonds. The number of benzene rings is 2. The molecule has 5 heteroatoms. The Bertz CT molecular complexity index is 557. The number of nitrogens with one attached hydrogen (secondary N) is 1. The van der Waals surface area contributed by atoms with Crippen LogP contribution in [0, 0.1) is 5.82 Å². The van der Waals surface area contributed by atoms with Crippen molar-refractivity contribution in [2.24, 2.45) is 5.84 Å². The summed E-state index contributed by atoms with van der Waals surface area (Å²) in [4.78, 5) is 0. The van der Waals surface area contributed by atoms with Crippen molar-refractivity contribution < 1.29 is 9.13 Å². The minimum absolute atomic E-state index is 0.302. The molecule has 0 aliphatic heterocycles. The third kappa shape index (κ3) is 2.71. The summed E-state index contributed by atoms with van der Waals surface area (Å²) in [5.74, 6) is 5.77. The van der Waals surface area contributed by atoms with Crippen molar-refractivity contribution in [2.45, 2.75) is 6.04 Å². The number of ether oxygens (including phenoxy) is 1. The second kappa shape index (κ2) is 6.02. The van der Waals surface area contributed by atoms with E-state index in [1.54, 1.807) is 25.3 Å². The number of halogens is 2. The van der Waals surface area contributed by atoms with Gasteiger partial charge in [0.2, 0.25) is 0 Å². The SMILES string of the molecule is COc1ccccc1C(NN)c1c(F)cccc1Cl. The van der Waals surface area contributed by atoms with Crippen molar-refractivity contribution in [1.29, 1.82) is 0 Å². The molecule has 100 valence electrons. The van der Waals surface area contributed by atoms with E-state index in [4.69, 9.17) is 22.2 Å². The monoisotopic (exact) mass is 280 g/mol. The molecule has 0 radical (unpaired) electrons. The van der Waals surface area contributed by atoms with Gasteiger partial charge in [0.15, 0.2) is 0 Å². The lowest BCUT2D eigenvalue weighted by Crippen LogP contribution is -2.30. The predicted molar refractivity (Wildman–Crippen MR) is 73.6 cm³/mol. The van der Waals surface area contributed by atoms with Gasteiger partial charge in [0, 0.05) is 16.1 Å². The van der Waals surface area contributed by atoms with Gasteiger partial charge in [0.25, 0.3) is 0 Å². The lowest BCUT2D eigenvalue weighted by molar-refractivity contribution is 0.403. The van der Waals surface area contributed by atoms with Crippen LogP contribution in [-0.2, 0) is 0 Å². The molecule has 3 N–H and O–H groups in total. The first-order valence-corrected chi connectivity index (χ1v) is 6.09. The first-order chi connectivity index (χ1) is 9.19. The van der Waals surface area contributed by atoms with Crippen LogP contribution < -0.4 is 16.0 Å². The van der Waals surface area contributed by atoms with E-state index in [1.165, 1.54) is 6.07 Å². The number of rotatable bonds is 4. The summed E-state index contributed by atoms with van der Waals surface area (Å²) in [6.45, 7) is 0. The summed E-state index contributed by atoms with van der Waals surface area (Å²) in [6.07, 6.45) is 0. The second-order valence-corrected chi connectivity index (χ2v) is 4.38. The molecular weight excluding hydrogens is 267 g/mol. The Morgan fingerprint density at radius 3 is 2.58 bits per heavy atom. The van der Waals surface area contributed by atoms with Crippen molar-refractivity contribution >= 4 is 11.6 Å². The fourth-order valence-corrected chi connectivity index (χ4v) is 2.29. The maximum Gasteiger partial charge on any atom is 0.129 e. The van der Waals surface area contributed by atoms with Crippen LogP contribution in [0.5, 0.6) is 5.75 Å². The van der Waals surface area contributed by atoms with Crippen molar-refractivity contribution in [3.05, 3.63) is 64.4 Å². The maximum absolute atomic E-state index is 14.0. The quantitative estimate of drug-likeness (QED) is 0.668. The minimum atomic E-state index is -0.579. The first-order valence-electron chi connectivity index (χ1n) is 5.72. The highest BCUT2D eigenvalue weighted by molar-refractivity contribution is 6.31. The number of methoxy groups -OCH3 is 1. The van der Waals surface area contributed by atoms with E-state index in [9.17, 15) is 4.39 Å². The highest BCUT2D eigenvalue weighted by Gasteiger charge is 2.22. The number of nitrogens with two attached hydrogens (primary N) is 1. The molecule has 0 bridgehead atoms. The zero-order chi connectivity index (χ0) is 13.8. The molecule has 0 saturated heterocycles. The maximum atomic E-state index is 14.0. The van der Waals surface area contributed by atoms with Crippen LogP contribution in [0.4, 0.5) is 4.39 Å². The summed E-state index contributed by atoms with van der Waals surface area (Å²) >= 11 is 6.07. The summed E-state index contributed by atoms with van der Waals surface area (Å²) in [6, 6.07) is 11.2. The molecule has 2 aromatic rings. The van der Waals surface area contributed by atoms with Crippen LogP contribution in [0.2, 0.25) is 5.02 Å². The lowest BCUT2D eigenvalue weighted by atomic mass is 9.98. The Labute approximate surface area is 116 Å². The fourth-order valence-electron chi connectivity index (χ4n) is 2.02. The van der Waals surface area contributed by atoms with Gasteiger partial charge < -0.3 is 4.74 Å². The number of para-hydroxylation sites is 1. The Morgan fingerprint density at radius 2 is 1.95 bits per heavy atom. The van der Waals surface area contributed by atoms with Crippen molar-refractivity contribution in [1.82, 2.24) is 5.43 Å². The Kier molecular flexibility index (Phi) is 4.37. The molecule has 0 saturated carbocycles. The van der Waals surface area contributed by atoms with Crippen LogP contribution in [0.15, 0.2) is 42.5 Å². The zero-order valence-electron chi connectivity index (χ0n) is 10.4. The van der Waals surface area contributed by atoms with E-state index in [0.717, 1.165) is 5.56 Å². The molecular formula is C14H14ClFN2O. The van der Waals surface area contributed by atoms with Crippen LogP contribution in [0.25, 0.3) is 0 Å². The van der Waals surface area contributed by atoms with Gasteiger partial charge in [-0.2, -0.15) is 0 Å². The van der Waals surface area contributed by atoms with Crippen LogP contribution in [0.1, 0.15) is 17.2 Å². The number of hydrogen-bond acceptors (Lipinski definition) is 3. The molecule has 2 rings (SSSR count). The first kappa shape index (κ1) is 13.8. The van der Waals surface area contributed by atoms with E-state index < -0.39 is 11.9 Å². The molecule has 0 heterocycles. The molecule has 3 nitrogen and oxygen atoms in total. The van der Waals surface area contributed by atoms with Crippen molar-refractivity contribution in [2.75, 3.05) is 7.11 Å². The second-order valence-electron chi connectivity index (χ2n) is 3.98. The van der Waals surface area contributed by atoms with E-state index in [2.05, 4.69) is 5.43 Å². The molecule has 0 spiro atoms. The number of hydrazine groups is 1. The standard InChI is InChI=1S/C14H14ClFN2O/c1-19-12-8-3-2-5-9(12)14(18-17)13-10(15)6-4-7-11(13)16/h2-8,14,18H,17H2,1H3. The lowest BCUT2D eigenvalue weighted by Gasteiger charge is -2.21. The molecule has 1 unspecified atom stereocenters. The summed E-state index contributed by atoms with van der Waals surface area (Å²) in [7, 11) is 1.55. The summed E-state index contributed by atoms with van der Waals surface area (Å²) in [5.41, 5.74) is 3.61. The third-order valence-electron chi connectivity index (χ3n) is 2.90. The van der Waals surface area contributed by atoms with Gasteiger partial charge in [0.1, 0.15) is 11.6 Å². The third-order valence-corrected chi connectivity index (χ3v) is 3.23. The molecule has 0 aromatic heterocycles. The topological polar surface area (TPSA) is 47.3 Å². The molecule has 1 atom stereocenters. The van der Waals surface area contributed by atoms with E-state index in [-0.39, 0.29) is 0 Å². The fraction of sp³-hybridized carbons (Fsp3) is 0.143. The van der Waals surface area contributed by atoms with E-state index in [1.807, 2.05) is 18.2 Å². The van der Waals surface area contributed by atoms with E-state index in [0.29, 0.717) is 16.3 Å². The molecule has 0 aliphatic carbocycles. The Balaban J connectivity index is 2.57. The van der Waals surface area contributed by atoms with Crippen molar-refractivity contribution in [3.63, 3.8) is 0 Å². The van der Waals surface area contributed by atoms with Crippen molar-refractivity contribution in [3.8, 4) is 5.75 Å². The molecule has 2 aromatic carbocycles. The Hall–Kier alpha value is -1.62. The normalized spacial score (nSPS) is 12.2. The average molecular weight is 281 g/mol. The largest absolute Gasteiger partial charge is 0.496 e. The van der Waals surface area contributed by atoms with Crippen LogP contribution in [-0.4, -0.2) is 7.11 Å². The van der Waals surface area contributed by atoms with Gasteiger partial charge in [-0.3, -0.25) is 5.84 Å². The van der Waals surface area contributed by atoms with Gasteiger partial charge >= 0.3 is 0 Å². The molecule has 0 fully saturated rings. The highest BCUT2D eigenvalue weighted by atomic mass is 35.5. The number of hydrogen-bond donors (Lipinski definition) is 2. The highest BCUT2D eigenvalue weighted by Crippen LogP contribution is 2.34. The molecule has 0 aliphatic rings. The van der Waals surface area contributed by atoms with Gasteiger partial charge in [-0.25, -0.2) is 9.82 Å².